The lowest BCUT2D eigenvalue weighted by Crippen LogP contribution is -2.41. The third-order valence-electron chi connectivity index (χ3n) is 4.25. The molecule has 0 aromatic carbocycles. The van der Waals surface area contributed by atoms with Gasteiger partial charge in [-0.15, -0.1) is 0 Å². The first kappa shape index (κ1) is 26.9. The van der Waals surface area contributed by atoms with Crippen LogP contribution in [0.1, 0.15) is 5.69 Å². The van der Waals surface area contributed by atoms with Gasteiger partial charge in [-0.05, 0) is 6.07 Å². The number of pyridine rings is 1. The van der Waals surface area contributed by atoms with E-state index < -0.39 is 65.4 Å². The number of hydrogen-bond donors (Lipinski definition) is 9. The number of rotatable bonds is 8. The lowest BCUT2D eigenvalue weighted by molar-refractivity contribution is -0.240. The van der Waals surface area contributed by atoms with Gasteiger partial charge in [0.25, 0.3) is 5.56 Å². The van der Waals surface area contributed by atoms with Crippen molar-refractivity contribution in [2.45, 2.75) is 24.1 Å². The molecule has 2 unspecified atom stereocenters. The maximum absolute atomic E-state index is 12.0. The molecule has 0 saturated carbocycles. The van der Waals surface area contributed by atoms with Crippen molar-refractivity contribution in [3.8, 4) is 0 Å². The molecule has 0 amide bonds. The molecule has 1 aliphatic heterocycles. The van der Waals surface area contributed by atoms with E-state index in [1.807, 2.05) is 0 Å². The van der Waals surface area contributed by atoms with Gasteiger partial charge in [-0.2, -0.15) is 8.62 Å². The average molecular weight is 550 g/mol. The average Bonchev–Trinajstić information content (AvgIpc) is 2.88. The van der Waals surface area contributed by atoms with Gasteiger partial charge in [0.05, 0.1) is 6.61 Å². The van der Waals surface area contributed by atoms with Crippen molar-refractivity contribution >= 4 is 40.2 Å². The molecular weight excluding hydrogens is 533 g/mol. The molecule has 10 N–H and O–H groups in total. The predicted octanol–water partition coefficient (Wildman–Crippen LogP) is -2.49. The normalized spacial score (nSPS) is 29.1. The monoisotopic (exact) mass is 550 g/mol. The largest absolute Gasteiger partial charge is 0.490 e. The maximum Gasteiger partial charge on any atom is 0.490 e. The number of nitrogens with two attached hydrogens (primary N) is 1. The lowest BCUT2D eigenvalue weighted by Gasteiger charge is -2.26. The number of anilines is 1. The summed E-state index contributed by atoms with van der Waals surface area (Å²) in [7, 11) is -17.0. The molecular formula is C12H17N4O15P3. The van der Waals surface area contributed by atoms with Crippen LogP contribution >= 0.6 is 23.5 Å². The van der Waals surface area contributed by atoms with Crippen LogP contribution in [0.4, 0.5) is 5.82 Å². The molecule has 0 aliphatic carbocycles. The zero-order valence-electron chi connectivity index (χ0n) is 16.3. The number of nitrogens with zero attached hydrogens (tertiary/aromatic N) is 2. The first-order valence-corrected chi connectivity index (χ1v) is 13.1. The lowest BCUT2D eigenvalue weighted by atomic mass is 9.99. The van der Waals surface area contributed by atoms with Gasteiger partial charge < -0.3 is 50.3 Å². The number of aliphatic hydroxyl groups excluding tert-OH is 2. The van der Waals surface area contributed by atoms with E-state index >= 15 is 0 Å². The van der Waals surface area contributed by atoms with Crippen molar-refractivity contribution in [3.05, 3.63) is 28.4 Å². The molecule has 22 heteroatoms. The summed E-state index contributed by atoms with van der Waals surface area (Å²) in [4.78, 5) is 57.4. The topological polar surface area (TPSA) is 314 Å². The summed E-state index contributed by atoms with van der Waals surface area (Å²) in [6, 6.07) is 1.13. The fourth-order valence-electron chi connectivity index (χ4n) is 2.98. The van der Waals surface area contributed by atoms with Crippen LogP contribution in [0.2, 0.25) is 0 Å². The Morgan fingerprint density at radius 1 is 1.12 bits per heavy atom. The van der Waals surface area contributed by atoms with E-state index in [2.05, 4.69) is 28.1 Å². The third-order valence-corrected chi connectivity index (χ3v) is 8.05. The van der Waals surface area contributed by atoms with Crippen LogP contribution in [0, 0.1) is 0 Å². The van der Waals surface area contributed by atoms with Crippen LogP contribution in [0.5, 0.6) is 0 Å². The van der Waals surface area contributed by atoms with E-state index in [-0.39, 0.29) is 16.7 Å². The molecule has 0 radical (unpaired) electrons. The van der Waals surface area contributed by atoms with Gasteiger partial charge in [0, 0.05) is 5.39 Å². The summed E-state index contributed by atoms with van der Waals surface area (Å²) < 4.78 is 50.4. The van der Waals surface area contributed by atoms with Crippen LogP contribution in [0.3, 0.4) is 0 Å². The molecule has 0 spiro atoms. The number of ether oxygens (including phenoxy) is 1. The molecule has 190 valence electrons. The minimum atomic E-state index is -5.80. The van der Waals surface area contributed by atoms with Gasteiger partial charge >= 0.3 is 23.5 Å². The number of fused-ring (bicyclic) bond motifs is 1. The number of phosphoric acid groups is 3. The van der Waals surface area contributed by atoms with E-state index in [1.165, 1.54) is 0 Å². The maximum atomic E-state index is 12.0. The summed E-state index contributed by atoms with van der Waals surface area (Å²) in [5, 5.41) is 31.3. The van der Waals surface area contributed by atoms with Gasteiger partial charge in [0.1, 0.15) is 41.7 Å². The van der Waals surface area contributed by atoms with Crippen molar-refractivity contribution in [2.24, 2.45) is 0 Å². The second-order valence-electron chi connectivity index (χ2n) is 6.71. The zero-order chi connectivity index (χ0) is 25.7. The molecule has 1 saturated heterocycles. The van der Waals surface area contributed by atoms with Gasteiger partial charge in [-0.3, -0.25) is 9.32 Å². The van der Waals surface area contributed by atoms with Gasteiger partial charge in [0.2, 0.25) is 5.79 Å². The molecule has 0 bridgehead atoms. The highest BCUT2D eigenvalue weighted by Gasteiger charge is 2.56. The molecule has 19 nitrogen and oxygen atoms in total. The number of aliphatic hydroxyl groups is 3. The summed E-state index contributed by atoms with van der Waals surface area (Å²) in [6.07, 6.45) is -5.18. The Labute approximate surface area is 187 Å². The molecule has 3 heterocycles. The van der Waals surface area contributed by atoms with E-state index in [1.54, 1.807) is 0 Å². The number of H-pyrrole nitrogens is 1. The van der Waals surface area contributed by atoms with Gasteiger partial charge in [-0.25, -0.2) is 23.7 Å². The Balaban J connectivity index is 1.83. The molecule has 6 atom stereocenters. The number of phosphoric ester groups is 1. The molecule has 1 fully saturated rings. The van der Waals surface area contributed by atoms with E-state index in [9.17, 15) is 38.7 Å². The predicted molar refractivity (Wildman–Crippen MR) is 105 cm³/mol. The Morgan fingerprint density at radius 2 is 1.76 bits per heavy atom. The second-order valence-corrected chi connectivity index (χ2v) is 11.1. The van der Waals surface area contributed by atoms with Crippen molar-refractivity contribution in [1.29, 1.82) is 0 Å². The fourth-order valence-corrected chi connectivity index (χ4v) is 6.01. The Kier molecular flexibility index (Phi) is 7.20. The van der Waals surface area contributed by atoms with E-state index in [4.69, 9.17) is 25.2 Å². The number of nitrogens with one attached hydrogen (secondary N) is 1. The highest BCUT2D eigenvalue weighted by molar-refractivity contribution is 7.66. The highest BCUT2D eigenvalue weighted by atomic mass is 31.3. The van der Waals surface area contributed by atoms with Crippen molar-refractivity contribution in [2.75, 3.05) is 12.3 Å². The van der Waals surface area contributed by atoms with E-state index in [0.29, 0.717) is 0 Å². The SMILES string of the molecule is Nc1cc2c([C@]3(O)O[C@H](COP(=O)(O)OP(=O)(O)OP(=O)(O)O)[C@@H](O)[C@H]3O)ncnc2c(=O)[nH]1. The molecule has 1 aliphatic rings. The van der Waals surface area contributed by atoms with Gasteiger partial charge in [0.15, 0.2) is 0 Å². The summed E-state index contributed by atoms with van der Waals surface area (Å²) >= 11 is 0. The summed E-state index contributed by atoms with van der Waals surface area (Å²) in [5.74, 6) is -3.00. The van der Waals surface area contributed by atoms with Crippen LogP contribution in [0.25, 0.3) is 10.9 Å². The molecule has 2 aromatic heterocycles. The summed E-state index contributed by atoms with van der Waals surface area (Å²) in [6.45, 7) is -1.18. The minimum Gasteiger partial charge on any atom is -0.387 e. The number of aromatic amines is 1. The molecule has 2 aromatic rings. The second kappa shape index (κ2) is 9.09. The smallest absolute Gasteiger partial charge is 0.387 e. The first-order chi connectivity index (χ1) is 15.4. The fraction of sp³-hybridized carbons (Fsp3) is 0.417. The van der Waals surface area contributed by atoms with Crippen LogP contribution in [0.15, 0.2) is 17.2 Å². The minimum absolute atomic E-state index is 0.172. The first-order valence-electron chi connectivity index (χ1n) is 8.63. The van der Waals surface area contributed by atoms with Crippen LogP contribution < -0.4 is 11.3 Å². The Bertz CT molecular complexity index is 1300. The van der Waals surface area contributed by atoms with E-state index in [0.717, 1.165) is 12.4 Å². The molecule has 3 rings (SSSR count). The highest BCUT2D eigenvalue weighted by Crippen LogP contribution is 2.66. The molecule has 34 heavy (non-hydrogen) atoms. The summed E-state index contributed by atoms with van der Waals surface area (Å²) in [5.41, 5.74) is 4.01. The van der Waals surface area contributed by atoms with Crippen molar-refractivity contribution in [3.63, 3.8) is 0 Å². The quantitative estimate of drug-likeness (QED) is 0.153. The Morgan fingerprint density at radius 3 is 2.38 bits per heavy atom. The number of aromatic nitrogens is 3. The number of nitrogen functional groups attached to an aromatic ring is 1. The Hall–Kier alpha value is -1.66. The van der Waals surface area contributed by atoms with Crippen molar-refractivity contribution < 1.29 is 66.5 Å². The van der Waals surface area contributed by atoms with Crippen molar-refractivity contribution in [1.82, 2.24) is 15.0 Å². The third kappa shape index (κ3) is 5.76. The van der Waals surface area contributed by atoms with Crippen LogP contribution in [-0.4, -0.2) is 74.8 Å². The van der Waals surface area contributed by atoms with Crippen LogP contribution in [-0.2, 0) is 37.4 Å². The standard InChI is InChI=1S/C12H17N4O15P3/c13-6-1-4-7(11(19)16-6)14-3-15-9(4)12(20)10(18)8(17)5(29-12)2-28-33(24,25)31-34(26,27)30-32(21,22)23/h1,3,5,8,10,17-18,20H,2H2,(H,24,25)(H,26,27)(H3,13,16,19)(H2,21,22,23)/t5-,8-,10-,12+/m1/s1. The zero-order valence-corrected chi connectivity index (χ0v) is 19.0. The van der Waals surface area contributed by atoms with Gasteiger partial charge in [-0.1, -0.05) is 0 Å². The number of hydrogen-bond acceptors (Lipinski definition) is 14.